The highest BCUT2D eigenvalue weighted by Crippen LogP contribution is 2.23. The van der Waals surface area contributed by atoms with Crippen molar-refractivity contribution in [3.63, 3.8) is 0 Å². The van der Waals surface area contributed by atoms with Crippen molar-refractivity contribution in [2.75, 3.05) is 25.1 Å². The Labute approximate surface area is 148 Å². The van der Waals surface area contributed by atoms with E-state index in [1.54, 1.807) is 13.4 Å². The molecule has 4 rings (SSSR count). The van der Waals surface area contributed by atoms with Gasteiger partial charge in [0.05, 0.1) is 23.8 Å². The third-order valence-corrected chi connectivity index (χ3v) is 5.49. The number of anilines is 1. The predicted octanol–water partition coefficient (Wildman–Crippen LogP) is 2.27. The van der Waals surface area contributed by atoms with Gasteiger partial charge in [0.1, 0.15) is 17.9 Å². The van der Waals surface area contributed by atoms with Crippen molar-refractivity contribution in [2.24, 2.45) is 0 Å². The van der Waals surface area contributed by atoms with E-state index in [2.05, 4.69) is 24.8 Å². The van der Waals surface area contributed by atoms with E-state index >= 15 is 0 Å². The molecule has 1 aromatic carbocycles. The van der Waals surface area contributed by atoms with E-state index in [1.807, 2.05) is 24.3 Å². The second-order valence-electron chi connectivity index (χ2n) is 5.98. The standard InChI is InChI=1S/C17H19N5O2S/c1-24-13-4-5-14-15(9-13)21-17(20-14)25(23)10-12-8-16(19-11-18-12)22-6-2-3-7-22/h4-5,8-9,11H,2-3,6-7,10H2,1H3,(H,20,21). The minimum Gasteiger partial charge on any atom is -0.609 e. The van der Waals surface area contributed by atoms with Crippen molar-refractivity contribution in [2.45, 2.75) is 23.8 Å². The van der Waals surface area contributed by atoms with E-state index in [-0.39, 0.29) is 0 Å². The molecule has 0 aliphatic carbocycles. The first-order valence-corrected chi connectivity index (χ1v) is 9.53. The number of ether oxygens (including phenoxy) is 1. The Morgan fingerprint density at radius 1 is 1.24 bits per heavy atom. The molecule has 130 valence electrons. The van der Waals surface area contributed by atoms with E-state index in [4.69, 9.17) is 4.74 Å². The number of fused-ring (bicyclic) bond motifs is 1. The van der Waals surface area contributed by atoms with Crippen LogP contribution in [0.25, 0.3) is 11.0 Å². The number of H-pyrrole nitrogens is 1. The molecule has 0 saturated carbocycles. The first-order chi connectivity index (χ1) is 12.2. The van der Waals surface area contributed by atoms with Gasteiger partial charge in [0, 0.05) is 36.4 Å². The lowest BCUT2D eigenvalue weighted by atomic mass is 10.3. The summed E-state index contributed by atoms with van der Waals surface area (Å²) in [5.41, 5.74) is 2.33. The highest BCUT2D eigenvalue weighted by molar-refractivity contribution is 7.90. The van der Waals surface area contributed by atoms with Crippen LogP contribution in [0.2, 0.25) is 0 Å². The average molecular weight is 357 g/mol. The number of rotatable bonds is 5. The monoisotopic (exact) mass is 357 g/mol. The number of aromatic amines is 1. The highest BCUT2D eigenvalue weighted by Gasteiger charge is 2.20. The van der Waals surface area contributed by atoms with Crippen LogP contribution in [-0.4, -0.2) is 44.7 Å². The lowest BCUT2D eigenvalue weighted by molar-refractivity contribution is 0.415. The van der Waals surface area contributed by atoms with Crippen LogP contribution in [0.4, 0.5) is 5.82 Å². The first-order valence-electron chi connectivity index (χ1n) is 8.21. The number of benzene rings is 1. The maximum atomic E-state index is 12.7. The summed E-state index contributed by atoms with van der Waals surface area (Å²) in [7, 11) is 1.61. The van der Waals surface area contributed by atoms with Gasteiger partial charge < -0.3 is 14.2 Å². The molecule has 0 amide bonds. The van der Waals surface area contributed by atoms with Crippen LogP contribution in [0.3, 0.4) is 0 Å². The molecule has 1 aliphatic heterocycles. The number of methoxy groups -OCH3 is 1. The van der Waals surface area contributed by atoms with Crippen LogP contribution in [0.1, 0.15) is 18.5 Å². The zero-order chi connectivity index (χ0) is 17.2. The van der Waals surface area contributed by atoms with E-state index in [0.717, 1.165) is 41.4 Å². The molecule has 1 atom stereocenters. The number of aromatic nitrogens is 4. The van der Waals surface area contributed by atoms with Gasteiger partial charge in [0.15, 0.2) is 5.75 Å². The summed E-state index contributed by atoms with van der Waals surface area (Å²) in [5, 5.41) is 0.449. The van der Waals surface area contributed by atoms with E-state index in [1.165, 1.54) is 12.8 Å². The van der Waals surface area contributed by atoms with Crippen molar-refractivity contribution in [3.05, 3.63) is 36.3 Å². The second kappa shape index (κ2) is 6.89. The van der Waals surface area contributed by atoms with Crippen LogP contribution >= 0.6 is 0 Å². The quantitative estimate of drug-likeness (QED) is 0.705. The van der Waals surface area contributed by atoms with Gasteiger partial charge in [0.2, 0.25) is 0 Å². The summed E-state index contributed by atoms with van der Waals surface area (Å²) in [5.74, 6) is 1.94. The number of hydrogen-bond donors (Lipinski definition) is 1. The van der Waals surface area contributed by atoms with Crippen molar-refractivity contribution in [1.82, 2.24) is 19.9 Å². The number of imidazole rings is 1. The van der Waals surface area contributed by atoms with E-state index in [0.29, 0.717) is 10.9 Å². The number of hydrogen-bond acceptors (Lipinski definition) is 6. The van der Waals surface area contributed by atoms with Gasteiger partial charge in [-0.3, -0.25) is 4.98 Å². The molecule has 1 unspecified atom stereocenters. The Bertz CT molecular complexity index is 878. The summed E-state index contributed by atoms with van der Waals surface area (Å²) >= 11 is -1.30. The molecule has 8 heteroatoms. The van der Waals surface area contributed by atoms with Gasteiger partial charge in [0.25, 0.3) is 0 Å². The maximum Gasteiger partial charge on any atom is 0.322 e. The van der Waals surface area contributed by atoms with Crippen molar-refractivity contribution >= 4 is 28.0 Å². The smallest absolute Gasteiger partial charge is 0.322 e. The highest BCUT2D eigenvalue weighted by atomic mass is 32.2. The van der Waals surface area contributed by atoms with Crippen molar-refractivity contribution < 1.29 is 9.29 Å². The summed E-state index contributed by atoms with van der Waals surface area (Å²) in [6.45, 7) is 2.04. The van der Waals surface area contributed by atoms with Gasteiger partial charge in [-0.2, -0.15) is 4.98 Å². The van der Waals surface area contributed by atoms with Gasteiger partial charge in [-0.25, -0.2) is 9.97 Å². The molecule has 1 fully saturated rings. The molecule has 25 heavy (non-hydrogen) atoms. The Morgan fingerprint density at radius 3 is 2.88 bits per heavy atom. The third-order valence-electron chi connectivity index (χ3n) is 4.30. The summed E-state index contributed by atoms with van der Waals surface area (Å²) in [6.07, 6.45) is 3.92. The summed E-state index contributed by atoms with van der Waals surface area (Å²) < 4.78 is 17.9. The molecule has 0 bridgehead atoms. The molecule has 2 aromatic heterocycles. The van der Waals surface area contributed by atoms with Crippen LogP contribution in [-0.2, 0) is 16.9 Å². The van der Waals surface area contributed by atoms with Gasteiger partial charge in [-0.1, -0.05) is 0 Å². The van der Waals surface area contributed by atoms with Gasteiger partial charge in [-0.15, -0.1) is 0 Å². The van der Waals surface area contributed by atoms with Crippen LogP contribution < -0.4 is 9.64 Å². The fraction of sp³-hybridized carbons (Fsp3) is 0.353. The molecule has 1 aliphatic rings. The van der Waals surface area contributed by atoms with Crippen LogP contribution in [0, 0.1) is 0 Å². The van der Waals surface area contributed by atoms with Crippen LogP contribution in [0.15, 0.2) is 35.7 Å². The van der Waals surface area contributed by atoms with E-state index in [9.17, 15) is 4.55 Å². The molecule has 3 aromatic rings. The zero-order valence-electron chi connectivity index (χ0n) is 13.9. The number of nitrogens with zero attached hydrogens (tertiary/aromatic N) is 4. The minimum absolute atomic E-state index is 0.306. The van der Waals surface area contributed by atoms with Crippen LogP contribution in [0.5, 0.6) is 5.75 Å². The molecular weight excluding hydrogens is 338 g/mol. The molecule has 0 spiro atoms. The SMILES string of the molecule is COc1ccc2[nH]c([S+]([O-])Cc3cc(N4CCCC4)ncn3)nc2c1. The Kier molecular flexibility index (Phi) is 4.46. The first kappa shape index (κ1) is 16.2. The zero-order valence-corrected chi connectivity index (χ0v) is 14.8. The molecule has 7 nitrogen and oxygen atoms in total. The Hall–Kier alpha value is -2.32. The van der Waals surface area contributed by atoms with Crippen molar-refractivity contribution in [1.29, 1.82) is 0 Å². The molecule has 0 radical (unpaired) electrons. The normalized spacial score (nSPS) is 15.7. The summed E-state index contributed by atoms with van der Waals surface area (Å²) in [6, 6.07) is 7.47. The fourth-order valence-electron chi connectivity index (χ4n) is 2.98. The predicted molar refractivity (Wildman–Crippen MR) is 96.2 cm³/mol. The van der Waals surface area contributed by atoms with E-state index < -0.39 is 11.2 Å². The molecular formula is C17H19N5O2S. The summed E-state index contributed by atoms with van der Waals surface area (Å²) in [4.78, 5) is 18.4. The lowest BCUT2D eigenvalue weighted by Crippen LogP contribution is -2.19. The average Bonchev–Trinajstić information content (AvgIpc) is 3.31. The Morgan fingerprint density at radius 2 is 2.08 bits per heavy atom. The maximum absolute atomic E-state index is 12.7. The fourth-order valence-corrected chi connectivity index (χ4v) is 3.97. The molecule has 1 N–H and O–H groups in total. The molecule has 1 saturated heterocycles. The third kappa shape index (κ3) is 3.40. The molecule has 3 heterocycles. The lowest BCUT2D eigenvalue weighted by Gasteiger charge is -2.16. The largest absolute Gasteiger partial charge is 0.609 e. The second-order valence-corrected chi connectivity index (χ2v) is 7.34. The topological polar surface area (TPSA) is 90.0 Å². The van der Waals surface area contributed by atoms with Crippen molar-refractivity contribution in [3.8, 4) is 5.75 Å². The minimum atomic E-state index is -1.30. The van der Waals surface area contributed by atoms with Gasteiger partial charge >= 0.3 is 5.16 Å². The number of nitrogens with one attached hydrogen (secondary N) is 1. The van der Waals surface area contributed by atoms with Gasteiger partial charge in [-0.05, 0) is 25.0 Å². The Balaban J connectivity index is 1.53.